The van der Waals surface area contributed by atoms with Crippen LogP contribution < -0.4 is 21.3 Å². The molecule has 0 saturated carbocycles. The number of hydrogen-bond acceptors (Lipinski definition) is 5. The van der Waals surface area contributed by atoms with Crippen molar-refractivity contribution in [3.8, 4) is 0 Å². The van der Waals surface area contributed by atoms with Crippen molar-refractivity contribution in [2.45, 2.75) is 64.1 Å². The van der Waals surface area contributed by atoms with Gasteiger partial charge in [0.2, 0.25) is 23.6 Å². The molecular weight excluding hydrogens is 520 g/mol. The maximum Gasteiger partial charge on any atom is 0.244 e. The number of carbonyl (C=O) groups is 5. The normalized spacial score (nSPS) is 17.2. The molecule has 4 amide bonds. The summed E-state index contributed by atoms with van der Waals surface area (Å²) in [5.74, 6) is -1.88. The van der Waals surface area contributed by atoms with Crippen molar-refractivity contribution in [2.75, 3.05) is 6.54 Å². The average Bonchev–Trinajstić information content (AvgIpc) is 2.97. The molecule has 0 unspecified atom stereocenters. The molecule has 41 heavy (non-hydrogen) atoms. The number of benzene rings is 2. The lowest BCUT2D eigenvalue weighted by Crippen LogP contribution is -2.56. The van der Waals surface area contributed by atoms with Gasteiger partial charge in [-0.1, -0.05) is 74.5 Å². The minimum absolute atomic E-state index is 0.0563. The first-order valence-electron chi connectivity index (χ1n) is 14.2. The second-order valence-corrected chi connectivity index (χ2v) is 10.8. The number of piperidine rings is 1. The third-order valence-corrected chi connectivity index (χ3v) is 6.91. The molecule has 9 heteroatoms. The first kappa shape index (κ1) is 31.3. The van der Waals surface area contributed by atoms with Crippen LogP contribution >= 0.6 is 0 Å². The van der Waals surface area contributed by atoms with Crippen molar-refractivity contribution in [3.63, 3.8) is 0 Å². The number of aldehydes is 1. The van der Waals surface area contributed by atoms with E-state index in [9.17, 15) is 24.0 Å². The number of nitrogens with one attached hydrogen (secondary N) is 4. The van der Waals surface area contributed by atoms with Crippen LogP contribution in [0.25, 0.3) is 6.08 Å². The Morgan fingerprint density at radius 2 is 1.59 bits per heavy atom. The molecule has 0 bridgehead atoms. The van der Waals surface area contributed by atoms with E-state index in [-0.39, 0.29) is 30.6 Å². The highest BCUT2D eigenvalue weighted by molar-refractivity contribution is 5.97. The van der Waals surface area contributed by atoms with Gasteiger partial charge in [0.25, 0.3) is 0 Å². The molecule has 4 atom stereocenters. The van der Waals surface area contributed by atoms with Gasteiger partial charge >= 0.3 is 0 Å². The van der Waals surface area contributed by atoms with E-state index in [2.05, 4.69) is 21.3 Å². The van der Waals surface area contributed by atoms with Crippen LogP contribution in [0.3, 0.4) is 0 Å². The monoisotopic (exact) mass is 560 g/mol. The quantitative estimate of drug-likeness (QED) is 0.208. The second-order valence-electron chi connectivity index (χ2n) is 10.8. The Bertz CT molecular complexity index is 1200. The molecule has 3 rings (SSSR count). The molecule has 0 aliphatic carbocycles. The molecule has 9 nitrogen and oxygen atoms in total. The molecule has 0 spiro atoms. The number of carbonyl (C=O) groups excluding carboxylic acids is 5. The van der Waals surface area contributed by atoms with Crippen LogP contribution in [0.15, 0.2) is 66.7 Å². The van der Waals surface area contributed by atoms with Crippen LogP contribution in [0.5, 0.6) is 0 Å². The first-order chi connectivity index (χ1) is 19.7. The predicted molar refractivity (Wildman–Crippen MR) is 157 cm³/mol. The van der Waals surface area contributed by atoms with Crippen molar-refractivity contribution in [3.05, 3.63) is 77.9 Å². The first-order valence-corrected chi connectivity index (χ1v) is 14.2. The molecule has 2 aromatic carbocycles. The summed E-state index contributed by atoms with van der Waals surface area (Å²) in [6, 6.07) is 15.9. The fraction of sp³-hybridized carbons (Fsp3) is 0.406. The Balaban J connectivity index is 1.71. The van der Waals surface area contributed by atoms with Crippen LogP contribution in [0, 0.1) is 11.8 Å². The summed E-state index contributed by atoms with van der Waals surface area (Å²) in [4.78, 5) is 63.5. The lowest BCUT2D eigenvalue weighted by Gasteiger charge is -2.27. The van der Waals surface area contributed by atoms with Gasteiger partial charge in [0.05, 0.1) is 6.04 Å². The van der Waals surface area contributed by atoms with Crippen LogP contribution in [-0.4, -0.2) is 54.6 Å². The van der Waals surface area contributed by atoms with Crippen LogP contribution in [-0.2, 0) is 30.4 Å². The van der Waals surface area contributed by atoms with Gasteiger partial charge in [0, 0.05) is 25.0 Å². The third-order valence-electron chi connectivity index (χ3n) is 6.91. The highest BCUT2D eigenvalue weighted by atomic mass is 16.2. The maximum atomic E-state index is 13.5. The van der Waals surface area contributed by atoms with Gasteiger partial charge in [-0.25, -0.2) is 0 Å². The Labute approximate surface area is 241 Å². The van der Waals surface area contributed by atoms with Gasteiger partial charge in [-0.2, -0.15) is 0 Å². The van der Waals surface area contributed by atoms with Gasteiger partial charge < -0.3 is 26.1 Å². The van der Waals surface area contributed by atoms with Crippen molar-refractivity contribution < 1.29 is 24.0 Å². The minimum Gasteiger partial charge on any atom is -0.356 e. The molecule has 0 radical (unpaired) electrons. The van der Waals surface area contributed by atoms with Gasteiger partial charge in [-0.15, -0.1) is 0 Å². The highest BCUT2D eigenvalue weighted by Crippen LogP contribution is 2.17. The summed E-state index contributed by atoms with van der Waals surface area (Å²) >= 11 is 0. The van der Waals surface area contributed by atoms with Crippen molar-refractivity contribution in [1.82, 2.24) is 21.3 Å². The van der Waals surface area contributed by atoms with Crippen LogP contribution in [0.1, 0.15) is 50.7 Å². The van der Waals surface area contributed by atoms with E-state index >= 15 is 0 Å². The summed E-state index contributed by atoms with van der Waals surface area (Å²) in [6.07, 6.45) is 5.88. The zero-order valence-corrected chi connectivity index (χ0v) is 23.7. The Hall–Kier alpha value is -4.27. The number of hydrogen-bond donors (Lipinski definition) is 4. The number of rotatable bonds is 14. The summed E-state index contributed by atoms with van der Waals surface area (Å²) in [6.45, 7) is 4.46. The zero-order chi connectivity index (χ0) is 29.6. The molecule has 2 aromatic rings. The van der Waals surface area contributed by atoms with E-state index in [0.717, 1.165) is 17.5 Å². The van der Waals surface area contributed by atoms with E-state index in [0.29, 0.717) is 25.7 Å². The summed E-state index contributed by atoms with van der Waals surface area (Å²) in [5.41, 5.74) is 1.69. The largest absolute Gasteiger partial charge is 0.356 e. The molecular formula is C32H40N4O5. The van der Waals surface area contributed by atoms with Gasteiger partial charge in [-0.05, 0) is 48.8 Å². The molecule has 1 fully saturated rings. The van der Waals surface area contributed by atoms with Crippen molar-refractivity contribution in [2.24, 2.45) is 11.8 Å². The van der Waals surface area contributed by atoms with E-state index in [1.165, 1.54) is 6.08 Å². The Morgan fingerprint density at radius 3 is 2.22 bits per heavy atom. The topological polar surface area (TPSA) is 133 Å². The zero-order valence-electron chi connectivity index (χ0n) is 23.7. The minimum atomic E-state index is -0.944. The third kappa shape index (κ3) is 10.7. The molecule has 1 heterocycles. The Kier molecular flexibility index (Phi) is 12.3. The molecule has 4 N–H and O–H groups in total. The molecule has 218 valence electrons. The fourth-order valence-electron chi connectivity index (χ4n) is 4.79. The Morgan fingerprint density at radius 1 is 0.927 bits per heavy atom. The van der Waals surface area contributed by atoms with E-state index in [1.54, 1.807) is 6.08 Å². The summed E-state index contributed by atoms with van der Waals surface area (Å²) < 4.78 is 0. The van der Waals surface area contributed by atoms with Crippen molar-refractivity contribution >= 4 is 36.0 Å². The fourth-order valence-corrected chi connectivity index (χ4v) is 4.79. The smallest absolute Gasteiger partial charge is 0.244 e. The van der Waals surface area contributed by atoms with E-state index < -0.39 is 35.8 Å². The second kappa shape index (κ2) is 16.1. The van der Waals surface area contributed by atoms with Crippen LogP contribution in [0.4, 0.5) is 0 Å². The molecule has 1 saturated heterocycles. The van der Waals surface area contributed by atoms with Gasteiger partial charge in [0.15, 0.2) is 0 Å². The van der Waals surface area contributed by atoms with Crippen LogP contribution in [0.2, 0.25) is 0 Å². The van der Waals surface area contributed by atoms with E-state index in [1.807, 2.05) is 74.5 Å². The highest BCUT2D eigenvalue weighted by Gasteiger charge is 2.30. The molecule has 0 aromatic heterocycles. The lowest BCUT2D eigenvalue weighted by atomic mass is 9.91. The van der Waals surface area contributed by atoms with E-state index in [4.69, 9.17) is 0 Å². The molecule has 1 aliphatic rings. The molecule has 1 aliphatic heterocycles. The SMILES string of the molecule is CC(C)C[C@H](NC(=O)[C@H](Cc1ccccc1)NC(=O)/C=C/c1ccccc1)C(=O)N[C@H](C=O)C[C@@H]1CCCNC1=O. The van der Waals surface area contributed by atoms with Crippen molar-refractivity contribution in [1.29, 1.82) is 0 Å². The number of amides is 4. The van der Waals surface area contributed by atoms with Gasteiger partial charge in [-0.3, -0.25) is 19.2 Å². The predicted octanol–water partition coefficient (Wildman–Crippen LogP) is 2.56. The van der Waals surface area contributed by atoms with Gasteiger partial charge in [0.1, 0.15) is 18.4 Å². The summed E-state index contributed by atoms with van der Waals surface area (Å²) in [7, 11) is 0. The average molecular weight is 561 g/mol. The lowest BCUT2D eigenvalue weighted by molar-refractivity contribution is -0.133. The standard InChI is InChI=1S/C32H40N4O5/c1-22(2)18-27(31(40)34-26(21-37)20-25-14-9-17-33-30(25)39)36-32(41)28(19-24-12-7-4-8-13-24)35-29(38)16-15-23-10-5-3-6-11-23/h3-8,10-13,15-16,21-22,25-28H,9,14,17-20H2,1-2H3,(H,33,39)(H,34,40)(H,35,38)(H,36,41)/b16-15+/t25-,26-,27-,28-/m0/s1. The maximum absolute atomic E-state index is 13.5. The summed E-state index contributed by atoms with van der Waals surface area (Å²) in [5, 5.41) is 11.1.